The van der Waals surface area contributed by atoms with Gasteiger partial charge >= 0.3 is 0 Å². The van der Waals surface area contributed by atoms with Gasteiger partial charge in [-0.3, -0.25) is 15.0 Å². The molecule has 0 saturated carbocycles. The van der Waals surface area contributed by atoms with Gasteiger partial charge in [-0.05, 0) is 36.8 Å². The lowest BCUT2D eigenvalue weighted by atomic mass is 9.95. The van der Waals surface area contributed by atoms with Gasteiger partial charge in [0, 0.05) is 47.0 Å². The highest BCUT2D eigenvalue weighted by Crippen LogP contribution is 2.36. The Bertz CT molecular complexity index is 1010. The molecule has 120 valence electrons. The van der Waals surface area contributed by atoms with Gasteiger partial charge in [-0.2, -0.15) is 0 Å². The summed E-state index contributed by atoms with van der Waals surface area (Å²) in [5.74, 6) is 0. The zero-order valence-electron chi connectivity index (χ0n) is 13.9. The number of aromatic nitrogens is 3. The van der Waals surface area contributed by atoms with Crippen molar-refractivity contribution in [2.75, 3.05) is 0 Å². The molecule has 4 rings (SSSR count). The average molecular weight is 323 g/mol. The summed E-state index contributed by atoms with van der Waals surface area (Å²) in [4.78, 5) is 13.6. The fraction of sp³-hybridized carbons (Fsp3) is 0.0455. The van der Waals surface area contributed by atoms with E-state index in [4.69, 9.17) is 0 Å². The van der Waals surface area contributed by atoms with Gasteiger partial charge < -0.3 is 0 Å². The van der Waals surface area contributed by atoms with Crippen LogP contribution in [-0.2, 0) is 0 Å². The standard InChI is InChI=1S/C22H17N3/c1-16-11-14-23-15-20(16)18-9-5-13-25-22(18)19-10-6-12-24-21(19)17-7-3-2-4-8-17/h2-15H,1H3. The Balaban J connectivity index is 1.95. The smallest absolute Gasteiger partial charge is 0.0802 e. The van der Waals surface area contributed by atoms with E-state index >= 15 is 0 Å². The third kappa shape index (κ3) is 2.92. The highest BCUT2D eigenvalue weighted by Gasteiger charge is 2.15. The Morgan fingerprint density at radius 1 is 0.600 bits per heavy atom. The molecule has 25 heavy (non-hydrogen) atoms. The molecule has 0 radical (unpaired) electrons. The molecule has 0 aliphatic carbocycles. The van der Waals surface area contributed by atoms with Crippen molar-refractivity contribution in [2.24, 2.45) is 0 Å². The minimum atomic E-state index is 0.922. The van der Waals surface area contributed by atoms with Crippen LogP contribution in [0.3, 0.4) is 0 Å². The second-order valence-corrected chi connectivity index (χ2v) is 5.86. The predicted octanol–water partition coefficient (Wildman–Crippen LogP) is 5.18. The number of pyridine rings is 3. The molecule has 0 aliphatic heterocycles. The lowest BCUT2D eigenvalue weighted by molar-refractivity contribution is 1.25. The number of rotatable bonds is 3. The van der Waals surface area contributed by atoms with Crippen molar-refractivity contribution < 1.29 is 0 Å². The molecule has 0 bridgehead atoms. The van der Waals surface area contributed by atoms with E-state index in [1.54, 1.807) is 0 Å². The minimum absolute atomic E-state index is 0.922. The Labute approximate surface area is 147 Å². The topological polar surface area (TPSA) is 38.7 Å². The van der Waals surface area contributed by atoms with Crippen LogP contribution in [0.4, 0.5) is 0 Å². The van der Waals surface area contributed by atoms with Gasteiger partial charge in [-0.15, -0.1) is 0 Å². The van der Waals surface area contributed by atoms with Crippen molar-refractivity contribution in [3.63, 3.8) is 0 Å². The average Bonchev–Trinajstić information content (AvgIpc) is 2.69. The molecule has 3 aromatic heterocycles. The maximum Gasteiger partial charge on any atom is 0.0802 e. The first kappa shape index (κ1) is 15.2. The van der Waals surface area contributed by atoms with Gasteiger partial charge in [0.2, 0.25) is 0 Å². The molecule has 4 aromatic rings. The highest BCUT2D eigenvalue weighted by atomic mass is 14.7. The van der Waals surface area contributed by atoms with Gasteiger partial charge in [0.05, 0.1) is 11.4 Å². The van der Waals surface area contributed by atoms with E-state index in [-0.39, 0.29) is 0 Å². The fourth-order valence-electron chi connectivity index (χ4n) is 3.01. The summed E-state index contributed by atoms with van der Waals surface area (Å²) in [5.41, 5.74) is 7.29. The van der Waals surface area contributed by atoms with Crippen LogP contribution in [-0.4, -0.2) is 15.0 Å². The molecular weight excluding hydrogens is 306 g/mol. The monoisotopic (exact) mass is 323 g/mol. The van der Waals surface area contributed by atoms with Crippen molar-refractivity contribution in [1.82, 2.24) is 15.0 Å². The van der Waals surface area contributed by atoms with Crippen LogP contribution in [0, 0.1) is 6.92 Å². The fourth-order valence-corrected chi connectivity index (χ4v) is 3.01. The Kier molecular flexibility index (Phi) is 4.05. The number of nitrogens with zero attached hydrogens (tertiary/aromatic N) is 3. The molecule has 1 aromatic carbocycles. The molecule has 0 spiro atoms. The van der Waals surface area contributed by atoms with Crippen LogP contribution in [0.5, 0.6) is 0 Å². The molecule has 0 aliphatic rings. The van der Waals surface area contributed by atoms with Gasteiger partial charge in [0.25, 0.3) is 0 Å². The van der Waals surface area contributed by atoms with Crippen molar-refractivity contribution >= 4 is 0 Å². The molecule has 0 unspecified atom stereocenters. The zero-order chi connectivity index (χ0) is 17.1. The second kappa shape index (κ2) is 6.65. The van der Waals surface area contributed by atoms with Crippen LogP contribution in [0.15, 0.2) is 85.5 Å². The van der Waals surface area contributed by atoms with Crippen LogP contribution in [0.1, 0.15) is 5.56 Å². The third-order valence-electron chi connectivity index (χ3n) is 4.25. The van der Waals surface area contributed by atoms with E-state index in [0.717, 1.165) is 33.6 Å². The van der Waals surface area contributed by atoms with E-state index in [1.807, 2.05) is 61.2 Å². The maximum absolute atomic E-state index is 4.68. The third-order valence-corrected chi connectivity index (χ3v) is 4.25. The number of hydrogen-bond acceptors (Lipinski definition) is 3. The number of hydrogen-bond donors (Lipinski definition) is 0. The molecule has 0 saturated heterocycles. The summed E-state index contributed by atoms with van der Waals surface area (Å²) in [5, 5.41) is 0. The van der Waals surface area contributed by atoms with Gasteiger partial charge in [0.1, 0.15) is 0 Å². The van der Waals surface area contributed by atoms with Crippen molar-refractivity contribution in [3.8, 4) is 33.6 Å². The van der Waals surface area contributed by atoms with Gasteiger partial charge in [-0.1, -0.05) is 36.4 Å². The van der Waals surface area contributed by atoms with Crippen molar-refractivity contribution in [3.05, 3.63) is 91.0 Å². The number of aryl methyl sites for hydroxylation is 1. The summed E-state index contributed by atoms with van der Waals surface area (Å²) < 4.78 is 0. The predicted molar refractivity (Wildman–Crippen MR) is 101 cm³/mol. The molecule has 0 fully saturated rings. The molecule has 3 heteroatoms. The molecule has 3 heterocycles. The lowest BCUT2D eigenvalue weighted by Gasteiger charge is -2.13. The van der Waals surface area contributed by atoms with E-state index in [0.29, 0.717) is 0 Å². The molecule has 0 atom stereocenters. The summed E-state index contributed by atoms with van der Waals surface area (Å²) in [6.45, 7) is 2.09. The second-order valence-electron chi connectivity index (χ2n) is 5.86. The SMILES string of the molecule is Cc1ccncc1-c1cccnc1-c1cccnc1-c1ccccc1. The quantitative estimate of drug-likeness (QED) is 0.521. The molecule has 0 N–H and O–H groups in total. The van der Waals surface area contributed by atoms with E-state index in [1.165, 1.54) is 5.56 Å². The minimum Gasteiger partial charge on any atom is -0.264 e. The van der Waals surface area contributed by atoms with Gasteiger partial charge in [0.15, 0.2) is 0 Å². The Morgan fingerprint density at radius 2 is 1.32 bits per heavy atom. The number of benzene rings is 1. The zero-order valence-corrected chi connectivity index (χ0v) is 13.9. The van der Waals surface area contributed by atoms with E-state index < -0.39 is 0 Å². The first-order chi connectivity index (χ1) is 12.3. The largest absolute Gasteiger partial charge is 0.264 e. The van der Waals surface area contributed by atoms with Gasteiger partial charge in [-0.25, -0.2) is 0 Å². The highest BCUT2D eigenvalue weighted by molar-refractivity contribution is 5.88. The lowest BCUT2D eigenvalue weighted by Crippen LogP contribution is -1.95. The summed E-state index contributed by atoms with van der Waals surface area (Å²) in [6, 6.07) is 20.3. The van der Waals surface area contributed by atoms with Crippen LogP contribution >= 0.6 is 0 Å². The van der Waals surface area contributed by atoms with Crippen LogP contribution in [0.2, 0.25) is 0 Å². The van der Waals surface area contributed by atoms with E-state index in [2.05, 4.69) is 46.1 Å². The first-order valence-electron chi connectivity index (χ1n) is 8.21. The first-order valence-corrected chi connectivity index (χ1v) is 8.21. The Hall–Kier alpha value is -3.33. The maximum atomic E-state index is 4.68. The summed E-state index contributed by atoms with van der Waals surface area (Å²) in [7, 11) is 0. The normalized spacial score (nSPS) is 10.6. The van der Waals surface area contributed by atoms with E-state index in [9.17, 15) is 0 Å². The molecule has 0 amide bonds. The van der Waals surface area contributed by atoms with Crippen LogP contribution in [0.25, 0.3) is 33.6 Å². The van der Waals surface area contributed by atoms with Crippen molar-refractivity contribution in [1.29, 1.82) is 0 Å². The van der Waals surface area contributed by atoms with Crippen molar-refractivity contribution in [2.45, 2.75) is 6.92 Å². The Morgan fingerprint density at radius 3 is 2.08 bits per heavy atom. The van der Waals surface area contributed by atoms with Crippen LogP contribution < -0.4 is 0 Å². The summed E-state index contributed by atoms with van der Waals surface area (Å²) in [6.07, 6.45) is 7.36. The summed E-state index contributed by atoms with van der Waals surface area (Å²) >= 11 is 0. The molecular formula is C22H17N3. The molecule has 3 nitrogen and oxygen atoms in total.